The van der Waals surface area contributed by atoms with Crippen molar-refractivity contribution in [3.05, 3.63) is 46.8 Å². The van der Waals surface area contributed by atoms with E-state index in [1.54, 1.807) is 12.1 Å². The molecular weight excluding hydrogens is 288 g/mol. The Morgan fingerprint density at radius 2 is 1.90 bits per heavy atom. The third-order valence-corrected chi connectivity index (χ3v) is 4.74. The molecule has 2 N–H and O–H groups in total. The van der Waals surface area contributed by atoms with Gasteiger partial charge in [-0.25, -0.2) is 13.1 Å². The Balaban J connectivity index is 2.26. The first kappa shape index (κ1) is 15.6. The molecule has 6 heteroatoms. The van der Waals surface area contributed by atoms with Crippen molar-refractivity contribution >= 4 is 10.0 Å². The number of nitrogens with one attached hydrogen (secondary N) is 2. The molecule has 0 bridgehead atoms. The van der Waals surface area contributed by atoms with Crippen LogP contribution >= 0.6 is 0 Å². The highest BCUT2D eigenvalue weighted by molar-refractivity contribution is 7.89. The Morgan fingerprint density at radius 1 is 1.19 bits per heavy atom. The van der Waals surface area contributed by atoms with Gasteiger partial charge in [-0.1, -0.05) is 6.07 Å². The minimum atomic E-state index is -3.62. The lowest BCUT2D eigenvalue weighted by molar-refractivity contribution is 0.402. The van der Waals surface area contributed by atoms with Crippen molar-refractivity contribution in [2.24, 2.45) is 0 Å². The average molecular weight is 308 g/mol. The summed E-state index contributed by atoms with van der Waals surface area (Å²) >= 11 is 0. The van der Waals surface area contributed by atoms with Crippen molar-refractivity contribution < 1.29 is 13.2 Å². The molecule has 0 aliphatic heterocycles. The maximum absolute atomic E-state index is 12.5. The van der Waals surface area contributed by atoms with Crippen LogP contribution in [0.5, 0.6) is 5.75 Å². The first-order chi connectivity index (χ1) is 9.83. The van der Waals surface area contributed by atoms with Crippen LogP contribution in [-0.4, -0.2) is 20.5 Å². The molecule has 114 valence electrons. The predicted octanol–water partition coefficient (Wildman–Crippen LogP) is 2.43. The Labute approximate surface area is 125 Å². The number of H-pyrrole nitrogens is 1. The monoisotopic (exact) mass is 308 g/mol. The minimum absolute atomic E-state index is 0.162. The number of sulfonamides is 1. The molecule has 0 radical (unpaired) electrons. The van der Waals surface area contributed by atoms with Gasteiger partial charge in [0.25, 0.3) is 0 Å². The molecule has 1 aromatic heterocycles. The molecule has 2 rings (SSSR count). The van der Waals surface area contributed by atoms with Crippen LogP contribution in [-0.2, 0) is 16.6 Å². The molecule has 0 saturated heterocycles. The Kier molecular flexibility index (Phi) is 4.39. The third kappa shape index (κ3) is 3.46. The van der Waals surface area contributed by atoms with Crippen molar-refractivity contribution in [2.45, 2.75) is 32.2 Å². The molecule has 0 spiro atoms. The van der Waals surface area contributed by atoms with E-state index < -0.39 is 10.0 Å². The van der Waals surface area contributed by atoms with Crippen LogP contribution in [0.4, 0.5) is 0 Å². The van der Waals surface area contributed by atoms with Gasteiger partial charge in [0.2, 0.25) is 10.0 Å². The van der Waals surface area contributed by atoms with E-state index in [0.29, 0.717) is 5.75 Å². The standard InChI is InChI=1S/C15H20N2O3S/c1-10-5-6-14(20-4)15(7-10)21(18,19)16-9-13-8-11(2)17-12(13)3/h5-8,16-17H,9H2,1-4H3. The van der Waals surface area contributed by atoms with E-state index in [0.717, 1.165) is 22.5 Å². The van der Waals surface area contributed by atoms with Gasteiger partial charge in [0.05, 0.1) is 7.11 Å². The molecule has 21 heavy (non-hydrogen) atoms. The number of aromatic nitrogens is 1. The molecule has 1 heterocycles. The molecule has 0 fully saturated rings. The number of methoxy groups -OCH3 is 1. The van der Waals surface area contributed by atoms with Crippen molar-refractivity contribution in [3.63, 3.8) is 0 Å². The Bertz CT molecular complexity index is 748. The summed E-state index contributed by atoms with van der Waals surface area (Å²) in [5, 5.41) is 0. The van der Waals surface area contributed by atoms with Gasteiger partial charge in [-0.3, -0.25) is 0 Å². The van der Waals surface area contributed by atoms with Crippen LogP contribution in [0.25, 0.3) is 0 Å². The van der Waals surface area contributed by atoms with E-state index in [9.17, 15) is 8.42 Å². The first-order valence-electron chi connectivity index (χ1n) is 6.63. The van der Waals surface area contributed by atoms with Crippen LogP contribution in [0.3, 0.4) is 0 Å². The third-order valence-electron chi connectivity index (χ3n) is 3.32. The van der Waals surface area contributed by atoms with Gasteiger partial charge >= 0.3 is 0 Å². The Hall–Kier alpha value is -1.79. The van der Waals surface area contributed by atoms with Crippen LogP contribution in [0.1, 0.15) is 22.5 Å². The Morgan fingerprint density at radius 3 is 2.48 bits per heavy atom. The second-order valence-corrected chi connectivity index (χ2v) is 6.82. The maximum Gasteiger partial charge on any atom is 0.244 e. The zero-order valence-electron chi connectivity index (χ0n) is 12.6. The van der Waals surface area contributed by atoms with Crippen LogP contribution in [0.2, 0.25) is 0 Å². The lowest BCUT2D eigenvalue weighted by Gasteiger charge is -2.11. The highest BCUT2D eigenvalue weighted by atomic mass is 32.2. The van der Waals surface area contributed by atoms with Gasteiger partial charge in [-0.2, -0.15) is 0 Å². The summed E-state index contributed by atoms with van der Waals surface area (Å²) in [5.41, 5.74) is 3.77. The largest absolute Gasteiger partial charge is 0.495 e. The van der Waals surface area contributed by atoms with Gasteiger partial charge in [-0.05, 0) is 50.1 Å². The van der Waals surface area contributed by atoms with E-state index >= 15 is 0 Å². The molecule has 0 saturated carbocycles. The van der Waals surface area contributed by atoms with Crippen molar-refractivity contribution in [2.75, 3.05) is 7.11 Å². The van der Waals surface area contributed by atoms with E-state index in [-0.39, 0.29) is 11.4 Å². The number of hydrogen-bond donors (Lipinski definition) is 2. The van der Waals surface area contributed by atoms with Crippen molar-refractivity contribution in [1.29, 1.82) is 0 Å². The SMILES string of the molecule is COc1ccc(C)cc1S(=O)(=O)NCc1cc(C)[nH]c1C. The topological polar surface area (TPSA) is 71.2 Å². The summed E-state index contributed by atoms with van der Waals surface area (Å²) in [4.78, 5) is 3.32. The molecule has 0 atom stereocenters. The summed E-state index contributed by atoms with van der Waals surface area (Å²) in [6.07, 6.45) is 0. The lowest BCUT2D eigenvalue weighted by Crippen LogP contribution is -2.24. The van der Waals surface area contributed by atoms with Gasteiger partial charge in [0.1, 0.15) is 10.6 Å². The predicted molar refractivity (Wildman–Crippen MR) is 82.0 cm³/mol. The van der Waals surface area contributed by atoms with Crippen molar-refractivity contribution in [3.8, 4) is 5.75 Å². The lowest BCUT2D eigenvalue weighted by atomic mass is 10.2. The van der Waals surface area contributed by atoms with E-state index in [2.05, 4.69) is 9.71 Å². The van der Waals surface area contributed by atoms with Crippen LogP contribution in [0, 0.1) is 20.8 Å². The van der Waals surface area contributed by atoms with E-state index in [1.165, 1.54) is 7.11 Å². The maximum atomic E-state index is 12.5. The number of hydrogen-bond acceptors (Lipinski definition) is 3. The number of aromatic amines is 1. The normalized spacial score (nSPS) is 11.6. The number of ether oxygens (including phenoxy) is 1. The molecule has 1 aromatic carbocycles. The highest BCUT2D eigenvalue weighted by Gasteiger charge is 2.19. The molecule has 0 amide bonds. The smallest absolute Gasteiger partial charge is 0.244 e. The number of aryl methyl sites for hydroxylation is 3. The fourth-order valence-electron chi connectivity index (χ4n) is 2.21. The zero-order valence-corrected chi connectivity index (χ0v) is 13.5. The molecule has 5 nitrogen and oxygen atoms in total. The second-order valence-electron chi connectivity index (χ2n) is 5.08. The van der Waals surface area contributed by atoms with Gasteiger partial charge < -0.3 is 9.72 Å². The summed E-state index contributed by atoms with van der Waals surface area (Å²) in [7, 11) is -2.16. The van der Waals surface area contributed by atoms with Crippen molar-refractivity contribution in [1.82, 2.24) is 9.71 Å². The van der Waals surface area contributed by atoms with E-state index in [4.69, 9.17) is 4.74 Å². The molecule has 0 aliphatic carbocycles. The molecule has 0 aliphatic rings. The zero-order chi connectivity index (χ0) is 15.6. The molecule has 2 aromatic rings. The van der Waals surface area contributed by atoms with E-state index in [1.807, 2.05) is 32.9 Å². The fraction of sp³-hybridized carbons (Fsp3) is 0.333. The molecule has 0 unspecified atom stereocenters. The number of rotatable bonds is 5. The molecular formula is C15H20N2O3S. The quantitative estimate of drug-likeness (QED) is 0.891. The van der Waals surface area contributed by atoms with Gasteiger partial charge in [0, 0.05) is 17.9 Å². The summed E-state index contributed by atoms with van der Waals surface area (Å²) in [5.74, 6) is 0.343. The summed E-state index contributed by atoms with van der Waals surface area (Å²) in [6.45, 7) is 5.95. The van der Waals surface area contributed by atoms with Crippen LogP contribution < -0.4 is 9.46 Å². The van der Waals surface area contributed by atoms with Gasteiger partial charge in [-0.15, -0.1) is 0 Å². The van der Waals surface area contributed by atoms with Crippen LogP contribution in [0.15, 0.2) is 29.2 Å². The summed E-state index contributed by atoms with van der Waals surface area (Å²) in [6, 6.07) is 7.02. The van der Waals surface area contributed by atoms with Gasteiger partial charge in [0.15, 0.2) is 0 Å². The highest BCUT2D eigenvalue weighted by Crippen LogP contribution is 2.24. The second kappa shape index (κ2) is 5.91. The fourth-order valence-corrected chi connectivity index (χ4v) is 3.47. The minimum Gasteiger partial charge on any atom is -0.495 e. The first-order valence-corrected chi connectivity index (χ1v) is 8.11. The average Bonchev–Trinajstić information content (AvgIpc) is 2.75. The summed E-state index contributed by atoms with van der Waals surface area (Å²) < 4.78 is 32.7. The number of benzene rings is 1.